The van der Waals surface area contributed by atoms with Crippen LogP contribution in [0, 0.1) is 5.82 Å². The minimum atomic E-state index is -3.38. The molecule has 0 N–H and O–H groups in total. The molecule has 2 saturated heterocycles. The van der Waals surface area contributed by atoms with E-state index >= 15 is 0 Å². The van der Waals surface area contributed by atoms with Crippen molar-refractivity contribution in [3.05, 3.63) is 47.1 Å². The summed E-state index contributed by atoms with van der Waals surface area (Å²) < 4.78 is 47.6. The van der Waals surface area contributed by atoms with E-state index in [9.17, 15) is 12.8 Å². The summed E-state index contributed by atoms with van der Waals surface area (Å²) in [7, 11) is -3.38. The van der Waals surface area contributed by atoms with Crippen LogP contribution in [0.5, 0.6) is 5.75 Å². The lowest BCUT2D eigenvalue weighted by Gasteiger charge is -2.41. The predicted octanol–water partition coefficient (Wildman–Crippen LogP) is 4.15. The average molecular weight is 453 g/mol. The summed E-state index contributed by atoms with van der Waals surface area (Å²) in [6.07, 6.45) is 4.32. The fourth-order valence-electron chi connectivity index (χ4n) is 4.34. The second-order valence-electron chi connectivity index (χ2n) is 7.99. The van der Waals surface area contributed by atoms with Crippen molar-refractivity contribution in [1.82, 2.24) is 9.21 Å². The highest BCUT2D eigenvalue weighted by Crippen LogP contribution is 2.30. The van der Waals surface area contributed by atoms with Crippen LogP contribution in [0.15, 0.2) is 40.6 Å². The van der Waals surface area contributed by atoms with Crippen molar-refractivity contribution in [2.45, 2.75) is 55.4 Å². The molecule has 0 radical (unpaired) electrons. The fraction of sp³-hybridized carbons (Fsp3) is 0.545. The van der Waals surface area contributed by atoms with Crippen LogP contribution >= 0.6 is 11.3 Å². The molecule has 164 valence electrons. The predicted molar refractivity (Wildman–Crippen MR) is 117 cm³/mol. The van der Waals surface area contributed by atoms with Crippen LogP contribution in [0.2, 0.25) is 0 Å². The smallest absolute Gasteiger partial charge is 0.252 e. The van der Waals surface area contributed by atoms with Crippen LogP contribution in [0.1, 0.15) is 37.5 Å². The van der Waals surface area contributed by atoms with E-state index in [0.29, 0.717) is 29.1 Å². The zero-order chi connectivity index (χ0) is 21.1. The summed E-state index contributed by atoms with van der Waals surface area (Å²) in [6.45, 7) is 4.98. The van der Waals surface area contributed by atoms with Crippen molar-refractivity contribution in [3.63, 3.8) is 0 Å². The van der Waals surface area contributed by atoms with E-state index < -0.39 is 10.0 Å². The Bertz CT molecular complexity index is 947. The molecule has 3 heterocycles. The van der Waals surface area contributed by atoms with Gasteiger partial charge in [0.25, 0.3) is 10.0 Å². The number of likely N-dealkylation sites (tertiary alicyclic amines) is 1. The lowest BCUT2D eigenvalue weighted by atomic mass is 10.00. The monoisotopic (exact) mass is 452 g/mol. The van der Waals surface area contributed by atoms with Crippen LogP contribution in [-0.4, -0.2) is 55.9 Å². The number of para-hydroxylation sites is 1. The zero-order valence-electron chi connectivity index (χ0n) is 17.3. The Hall–Kier alpha value is -1.48. The number of hydrogen-bond acceptors (Lipinski definition) is 5. The van der Waals surface area contributed by atoms with Gasteiger partial charge in [0.1, 0.15) is 10.3 Å². The molecule has 2 aliphatic heterocycles. The van der Waals surface area contributed by atoms with Gasteiger partial charge in [-0.25, -0.2) is 12.8 Å². The highest BCUT2D eigenvalue weighted by Gasteiger charge is 2.34. The van der Waals surface area contributed by atoms with Crippen LogP contribution in [0.3, 0.4) is 0 Å². The molecule has 2 aliphatic rings. The lowest BCUT2D eigenvalue weighted by molar-refractivity contribution is 0.0568. The number of sulfonamides is 1. The summed E-state index contributed by atoms with van der Waals surface area (Å²) in [5.74, 6) is 0.0135. The van der Waals surface area contributed by atoms with Crippen LogP contribution in [0.4, 0.5) is 4.39 Å². The number of ether oxygens (including phenoxy) is 1. The molecule has 1 aromatic carbocycles. The van der Waals surface area contributed by atoms with Crippen LogP contribution in [0.25, 0.3) is 0 Å². The number of hydrogen-bond donors (Lipinski definition) is 0. The van der Waals surface area contributed by atoms with Crippen LogP contribution in [-0.2, 0) is 16.4 Å². The van der Waals surface area contributed by atoms with Gasteiger partial charge in [-0.3, -0.25) is 0 Å². The highest BCUT2D eigenvalue weighted by molar-refractivity contribution is 7.91. The Kier molecular flexibility index (Phi) is 6.77. The normalized spacial score (nSPS) is 20.5. The average Bonchev–Trinajstić information content (AvgIpc) is 3.26. The third kappa shape index (κ3) is 4.72. The molecular formula is C22H29FN2O3S2. The van der Waals surface area contributed by atoms with E-state index in [1.54, 1.807) is 28.6 Å². The fourth-order valence-corrected chi connectivity index (χ4v) is 7.26. The first-order valence-electron chi connectivity index (χ1n) is 10.7. The van der Waals surface area contributed by atoms with E-state index in [1.807, 2.05) is 13.0 Å². The van der Waals surface area contributed by atoms with E-state index in [0.717, 1.165) is 50.1 Å². The van der Waals surface area contributed by atoms with Crippen molar-refractivity contribution < 1.29 is 17.5 Å². The van der Waals surface area contributed by atoms with E-state index in [2.05, 4.69) is 4.90 Å². The standard InChI is InChI=1S/C22H29FN2O3S2/c1-2-19-7-8-22(29-19)30(26,27)25-15-9-17(10-16-25)24-13-11-18(12-14-24)28-21-6-4-3-5-20(21)23/h3-8,17-18H,2,9-16H2,1H3. The molecule has 0 saturated carbocycles. The SMILES string of the molecule is CCc1ccc(S(=O)(=O)N2CCC(N3CCC(Oc4ccccc4F)CC3)CC2)s1. The molecule has 0 amide bonds. The number of aryl methyl sites for hydroxylation is 1. The largest absolute Gasteiger partial charge is 0.487 e. The topological polar surface area (TPSA) is 49.9 Å². The second kappa shape index (κ2) is 9.34. The van der Waals surface area contributed by atoms with Crippen molar-refractivity contribution in [2.24, 2.45) is 0 Å². The summed E-state index contributed by atoms with van der Waals surface area (Å²) in [6, 6.07) is 10.6. The van der Waals surface area contributed by atoms with E-state index in [1.165, 1.54) is 17.4 Å². The Morgan fingerprint density at radius 1 is 1.03 bits per heavy atom. The van der Waals surface area contributed by atoms with Gasteiger partial charge in [0.05, 0.1) is 0 Å². The molecule has 5 nitrogen and oxygen atoms in total. The molecule has 4 rings (SSSR count). The highest BCUT2D eigenvalue weighted by atomic mass is 32.2. The van der Waals surface area contributed by atoms with Crippen molar-refractivity contribution in [3.8, 4) is 5.75 Å². The summed E-state index contributed by atoms with van der Waals surface area (Å²) in [4.78, 5) is 3.55. The molecule has 2 fully saturated rings. The Morgan fingerprint density at radius 3 is 2.37 bits per heavy atom. The molecule has 0 unspecified atom stereocenters. The van der Waals surface area contributed by atoms with E-state index in [-0.39, 0.29) is 11.9 Å². The molecule has 1 aromatic heterocycles. The van der Waals surface area contributed by atoms with Gasteiger partial charge in [-0.15, -0.1) is 11.3 Å². The van der Waals surface area contributed by atoms with E-state index in [4.69, 9.17) is 4.74 Å². The first kappa shape index (κ1) is 21.7. The first-order chi connectivity index (χ1) is 14.5. The van der Waals surface area contributed by atoms with Gasteiger partial charge in [-0.1, -0.05) is 19.1 Å². The number of piperidine rings is 2. The Labute approximate surface area is 182 Å². The molecule has 0 bridgehead atoms. The molecule has 0 aliphatic carbocycles. The zero-order valence-corrected chi connectivity index (χ0v) is 18.9. The quantitative estimate of drug-likeness (QED) is 0.661. The lowest BCUT2D eigenvalue weighted by Crippen LogP contribution is -2.50. The maximum Gasteiger partial charge on any atom is 0.252 e. The van der Waals surface area contributed by atoms with Crippen molar-refractivity contribution in [1.29, 1.82) is 0 Å². The molecule has 0 spiro atoms. The van der Waals surface area contributed by atoms with Gasteiger partial charge in [0.15, 0.2) is 11.6 Å². The summed E-state index contributed by atoms with van der Waals surface area (Å²) >= 11 is 1.38. The van der Waals surface area contributed by atoms with Gasteiger partial charge in [-0.05, 0) is 56.4 Å². The van der Waals surface area contributed by atoms with Crippen molar-refractivity contribution in [2.75, 3.05) is 26.2 Å². The molecular weight excluding hydrogens is 423 g/mol. The maximum absolute atomic E-state index is 13.8. The van der Waals surface area contributed by atoms with Gasteiger partial charge in [-0.2, -0.15) is 4.31 Å². The third-order valence-electron chi connectivity index (χ3n) is 6.13. The molecule has 30 heavy (non-hydrogen) atoms. The number of rotatable bonds is 6. The van der Waals surface area contributed by atoms with Gasteiger partial charge >= 0.3 is 0 Å². The molecule has 2 aromatic rings. The summed E-state index contributed by atoms with van der Waals surface area (Å²) in [5.41, 5.74) is 0. The summed E-state index contributed by atoms with van der Waals surface area (Å²) in [5, 5.41) is 0. The minimum Gasteiger partial charge on any atom is -0.487 e. The van der Waals surface area contributed by atoms with Crippen molar-refractivity contribution >= 4 is 21.4 Å². The number of benzene rings is 1. The first-order valence-corrected chi connectivity index (χ1v) is 13.0. The third-order valence-corrected chi connectivity index (χ3v) is 9.72. The van der Waals surface area contributed by atoms with Gasteiger partial charge in [0, 0.05) is 37.1 Å². The minimum absolute atomic E-state index is 0.0326. The maximum atomic E-state index is 13.8. The number of thiophene rings is 1. The van der Waals surface area contributed by atoms with Crippen LogP contribution < -0.4 is 4.74 Å². The van der Waals surface area contributed by atoms with Gasteiger partial charge in [0.2, 0.25) is 0 Å². The second-order valence-corrected chi connectivity index (χ2v) is 11.3. The number of halogens is 1. The Balaban J connectivity index is 1.27. The van der Waals surface area contributed by atoms with Gasteiger partial charge < -0.3 is 9.64 Å². The molecule has 0 atom stereocenters. The Morgan fingerprint density at radius 2 is 1.73 bits per heavy atom. The number of nitrogens with zero attached hydrogens (tertiary/aromatic N) is 2. The molecule has 8 heteroatoms.